The van der Waals surface area contributed by atoms with Crippen LogP contribution in [0.25, 0.3) is 0 Å². The fourth-order valence-corrected chi connectivity index (χ4v) is 3.18. The second-order valence-corrected chi connectivity index (χ2v) is 8.64. The maximum absolute atomic E-state index is 13.8. The van der Waals surface area contributed by atoms with Crippen LogP contribution in [0.5, 0.6) is 5.75 Å². The third-order valence-electron chi connectivity index (χ3n) is 5.04. The van der Waals surface area contributed by atoms with E-state index in [1.165, 1.54) is 22.6 Å². The maximum Gasteiger partial charge on any atom is 0.293 e. The molecule has 0 radical (unpaired) electrons. The fourth-order valence-electron chi connectivity index (χ4n) is 3.18. The van der Waals surface area contributed by atoms with Crippen molar-refractivity contribution in [2.75, 3.05) is 5.32 Å². The summed E-state index contributed by atoms with van der Waals surface area (Å²) in [5.74, 6) is 0.633. The van der Waals surface area contributed by atoms with Crippen LogP contribution in [0.1, 0.15) is 48.2 Å². The van der Waals surface area contributed by atoms with E-state index < -0.39 is 5.91 Å². The van der Waals surface area contributed by atoms with Gasteiger partial charge >= 0.3 is 0 Å². The topological polar surface area (TPSA) is 82.2 Å². The number of carbonyl (C=O) groups is 1. The summed E-state index contributed by atoms with van der Waals surface area (Å²) in [6, 6.07) is 17.6. The zero-order valence-electron chi connectivity index (χ0n) is 18.7. The highest BCUT2D eigenvalue weighted by Crippen LogP contribution is 2.24. The van der Waals surface area contributed by atoms with Gasteiger partial charge in [0.1, 0.15) is 30.3 Å². The first-order chi connectivity index (χ1) is 15.8. The number of hydrogen-bond acceptors (Lipinski definition) is 5. The van der Waals surface area contributed by atoms with Gasteiger partial charge in [0.15, 0.2) is 5.76 Å². The number of furan rings is 1. The molecule has 0 atom stereocenters. The van der Waals surface area contributed by atoms with Crippen molar-refractivity contribution in [1.29, 1.82) is 0 Å². The molecule has 2 heterocycles. The van der Waals surface area contributed by atoms with E-state index in [1.54, 1.807) is 30.3 Å². The highest BCUT2D eigenvalue weighted by atomic mass is 19.1. The van der Waals surface area contributed by atoms with Gasteiger partial charge in [-0.3, -0.25) is 10.1 Å². The highest BCUT2D eigenvalue weighted by Gasteiger charge is 2.15. The first-order valence-electron chi connectivity index (χ1n) is 10.5. The van der Waals surface area contributed by atoms with Crippen LogP contribution in [-0.2, 0) is 18.6 Å². The monoisotopic (exact) mass is 448 g/mol. The van der Waals surface area contributed by atoms with E-state index in [0.29, 0.717) is 11.3 Å². The minimum absolute atomic E-state index is 0.0736. The Morgan fingerprint density at radius 3 is 2.58 bits per heavy atom. The van der Waals surface area contributed by atoms with Crippen LogP contribution in [0.15, 0.2) is 71.4 Å². The number of halogens is 1. The van der Waals surface area contributed by atoms with Gasteiger partial charge in [-0.2, -0.15) is 0 Å². The normalized spacial score (nSPS) is 11.4. The number of nitrogens with zero attached hydrogens (tertiary/aromatic N) is 3. The van der Waals surface area contributed by atoms with Crippen molar-refractivity contribution in [2.45, 2.75) is 39.3 Å². The Balaban J connectivity index is 1.32. The van der Waals surface area contributed by atoms with Gasteiger partial charge in [0, 0.05) is 5.56 Å². The number of hydrogen-bond donors (Lipinski definition) is 1. The van der Waals surface area contributed by atoms with Gasteiger partial charge < -0.3 is 9.15 Å². The molecule has 0 saturated heterocycles. The lowest BCUT2D eigenvalue weighted by Crippen LogP contribution is -2.13. The Hall–Kier alpha value is -3.94. The molecule has 2 aromatic heterocycles. The lowest BCUT2D eigenvalue weighted by molar-refractivity contribution is 0.0991. The molecule has 0 aliphatic heterocycles. The Morgan fingerprint density at radius 1 is 1.09 bits per heavy atom. The molecule has 0 saturated carbocycles. The molecule has 4 aromatic rings. The molecule has 33 heavy (non-hydrogen) atoms. The number of nitrogens with one attached hydrogen (secondary N) is 1. The first-order valence-corrected chi connectivity index (χ1v) is 10.5. The minimum atomic E-state index is -0.487. The average molecular weight is 448 g/mol. The van der Waals surface area contributed by atoms with E-state index in [4.69, 9.17) is 9.15 Å². The van der Waals surface area contributed by atoms with E-state index in [0.717, 1.165) is 5.75 Å². The molecule has 0 fully saturated rings. The zero-order chi connectivity index (χ0) is 23.4. The Morgan fingerprint density at radius 2 is 1.85 bits per heavy atom. The van der Waals surface area contributed by atoms with Crippen molar-refractivity contribution in [3.05, 3.63) is 95.5 Å². The number of anilines is 1. The van der Waals surface area contributed by atoms with Crippen LogP contribution >= 0.6 is 0 Å². The molecule has 0 unspecified atom stereocenters. The summed E-state index contributed by atoms with van der Waals surface area (Å²) in [5, 5.41) is 6.74. The van der Waals surface area contributed by atoms with Crippen LogP contribution in [-0.4, -0.2) is 20.7 Å². The highest BCUT2D eigenvalue weighted by molar-refractivity contribution is 6.01. The molecule has 1 amide bonds. The Kier molecular flexibility index (Phi) is 6.26. The third kappa shape index (κ3) is 5.65. The number of rotatable bonds is 7. The molecule has 8 heteroatoms. The SMILES string of the molecule is CC(C)(C)c1ccc(OCc2ccc(C(=O)Nc3ncn(Cc4ccccc4F)n3)o2)cc1. The van der Waals surface area contributed by atoms with Gasteiger partial charge in [-0.25, -0.2) is 14.1 Å². The predicted octanol–water partition coefficient (Wildman–Crippen LogP) is 5.19. The number of benzene rings is 2. The Labute approximate surface area is 191 Å². The zero-order valence-corrected chi connectivity index (χ0v) is 18.7. The quantitative estimate of drug-likeness (QED) is 0.421. The maximum atomic E-state index is 13.8. The summed E-state index contributed by atoms with van der Waals surface area (Å²) in [7, 11) is 0. The number of carbonyl (C=O) groups excluding carboxylic acids is 1. The summed E-state index contributed by atoms with van der Waals surface area (Å²) >= 11 is 0. The van der Waals surface area contributed by atoms with Crippen LogP contribution in [0.4, 0.5) is 10.3 Å². The van der Waals surface area contributed by atoms with Crippen molar-refractivity contribution >= 4 is 11.9 Å². The van der Waals surface area contributed by atoms with Crippen molar-refractivity contribution < 1.29 is 18.3 Å². The van der Waals surface area contributed by atoms with E-state index in [2.05, 4.69) is 36.2 Å². The summed E-state index contributed by atoms with van der Waals surface area (Å²) in [4.78, 5) is 16.5. The van der Waals surface area contributed by atoms with Crippen LogP contribution in [0.2, 0.25) is 0 Å². The molecule has 7 nitrogen and oxygen atoms in total. The van der Waals surface area contributed by atoms with Gasteiger partial charge in [0.25, 0.3) is 5.91 Å². The summed E-state index contributed by atoms with van der Waals surface area (Å²) < 4.78 is 26.6. The second-order valence-electron chi connectivity index (χ2n) is 8.64. The minimum Gasteiger partial charge on any atom is -0.486 e. The van der Waals surface area contributed by atoms with E-state index >= 15 is 0 Å². The molecule has 0 aliphatic carbocycles. The smallest absolute Gasteiger partial charge is 0.293 e. The molecule has 0 aliphatic rings. The molecule has 1 N–H and O–H groups in total. The van der Waals surface area contributed by atoms with E-state index in [1.807, 2.05) is 24.3 Å². The van der Waals surface area contributed by atoms with E-state index in [9.17, 15) is 9.18 Å². The fraction of sp³-hybridized carbons (Fsp3) is 0.240. The third-order valence-corrected chi connectivity index (χ3v) is 5.04. The van der Waals surface area contributed by atoms with Crippen LogP contribution in [0, 0.1) is 5.82 Å². The van der Waals surface area contributed by atoms with Crippen LogP contribution in [0.3, 0.4) is 0 Å². The number of amides is 1. The van der Waals surface area contributed by atoms with Crippen molar-refractivity contribution in [1.82, 2.24) is 14.8 Å². The molecule has 170 valence electrons. The molecular formula is C25H25FN4O3. The van der Waals surface area contributed by atoms with Crippen molar-refractivity contribution in [3.8, 4) is 5.75 Å². The summed E-state index contributed by atoms with van der Waals surface area (Å²) in [6.45, 7) is 6.86. The average Bonchev–Trinajstić information content (AvgIpc) is 3.43. The lowest BCUT2D eigenvalue weighted by Gasteiger charge is -2.19. The van der Waals surface area contributed by atoms with Gasteiger partial charge in [-0.15, -0.1) is 5.10 Å². The van der Waals surface area contributed by atoms with E-state index in [-0.39, 0.29) is 36.1 Å². The molecule has 4 rings (SSSR count). The molecule has 2 aromatic carbocycles. The standard InChI is InChI=1S/C25H25FN4O3/c1-25(2,3)18-8-10-19(11-9-18)32-15-20-12-13-22(33-20)23(31)28-24-27-16-30(29-24)14-17-6-4-5-7-21(17)26/h4-13,16H,14-15H2,1-3H3,(H,28,29,31). The first kappa shape index (κ1) is 22.3. The Bertz CT molecular complexity index is 1240. The summed E-state index contributed by atoms with van der Waals surface area (Å²) in [6.07, 6.45) is 1.42. The second kappa shape index (κ2) is 9.28. The van der Waals surface area contributed by atoms with Gasteiger partial charge in [-0.05, 0) is 41.3 Å². The van der Waals surface area contributed by atoms with Gasteiger partial charge in [0.2, 0.25) is 5.95 Å². The number of ether oxygens (including phenoxy) is 1. The molecular weight excluding hydrogens is 423 g/mol. The number of aromatic nitrogens is 3. The van der Waals surface area contributed by atoms with Gasteiger partial charge in [0.05, 0.1) is 6.54 Å². The van der Waals surface area contributed by atoms with Crippen LogP contribution < -0.4 is 10.1 Å². The van der Waals surface area contributed by atoms with Crippen molar-refractivity contribution in [2.24, 2.45) is 0 Å². The molecule has 0 spiro atoms. The largest absolute Gasteiger partial charge is 0.486 e. The van der Waals surface area contributed by atoms with Gasteiger partial charge in [-0.1, -0.05) is 51.1 Å². The summed E-state index contributed by atoms with van der Waals surface area (Å²) in [5.41, 5.74) is 1.77. The lowest BCUT2D eigenvalue weighted by atomic mass is 9.87. The van der Waals surface area contributed by atoms with Crippen molar-refractivity contribution in [3.63, 3.8) is 0 Å². The molecule has 0 bridgehead atoms. The predicted molar refractivity (Wildman–Crippen MR) is 122 cm³/mol.